The van der Waals surface area contributed by atoms with Crippen molar-refractivity contribution in [3.05, 3.63) is 30.2 Å². The number of hydrogen-bond acceptors (Lipinski definition) is 3. The van der Waals surface area contributed by atoms with Crippen LogP contribution in [0.3, 0.4) is 0 Å². The Kier molecular flexibility index (Phi) is 3.00. The summed E-state index contributed by atoms with van der Waals surface area (Å²) in [6.07, 6.45) is 5.58. The van der Waals surface area contributed by atoms with Crippen LogP contribution in [0.2, 0.25) is 0 Å². The lowest BCUT2D eigenvalue weighted by Crippen LogP contribution is -2.35. The molecule has 0 atom stereocenters. The fraction of sp³-hybridized carbons (Fsp3) is 0.429. The first-order chi connectivity index (χ1) is 8.83. The van der Waals surface area contributed by atoms with Gasteiger partial charge in [-0.15, -0.1) is 0 Å². The predicted octanol–water partition coefficient (Wildman–Crippen LogP) is 2.29. The Hall–Kier alpha value is -1.84. The number of nitrogens with one attached hydrogen (secondary N) is 1. The lowest BCUT2D eigenvalue weighted by molar-refractivity contribution is -0.127. The molecule has 0 radical (unpaired) electrons. The van der Waals surface area contributed by atoms with Crippen molar-refractivity contribution in [3.8, 4) is 0 Å². The van der Waals surface area contributed by atoms with Crippen molar-refractivity contribution >= 4 is 17.0 Å². The smallest absolute Gasteiger partial charge is 0.223 e. The molecule has 1 heterocycles. The maximum atomic E-state index is 11.6. The van der Waals surface area contributed by atoms with E-state index in [1.807, 2.05) is 18.2 Å². The maximum Gasteiger partial charge on any atom is 0.223 e. The van der Waals surface area contributed by atoms with Crippen LogP contribution in [0.15, 0.2) is 29.0 Å². The Labute approximate surface area is 105 Å². The van der Waals surface area contributed by atoms with E-state index in [1.165, 1.54) is 12.8 Å². The molecule has 2 aromatic rings. The summed E-state index contributed by atoms with van der Waals surface area (Å²) >= 11 is 0. The molecule has 0 unspecified atom stereocenters. The minimum absolute atomic E-state index is 0.210. The van der Waals surface area contributed by atoms with Gasteiger partial charge in [-0.2, -0.15) is 0 Å². The van der Waals surface area contributed by atoms with Crippen LogP contribution in [0.4, 0.5) is 0 Å². The third-order valence-electron chi connectivity index (χ3n) is 3.58. The Balaban J connectivity index is 1.54. The van der Waals surface area contributed by atoms with E-state index in [1.54, 1.807) is 0 Å². The SMILES string of the molecule is O=C(NCCc1ccc2ncoc2c1)C1CCC1. The van der Waals surface area contributed by atoms with Crippen molar-refractivity contribution in [2.45, 2.75) is 25.7 Å². The van der Waals surface area contributed by atoms with Gasteiger partial charge in [0, 0.05) is 12.5 Å². The Morgan fingerprint density at radius 2 is 2.33 bits per heavy atom. The number of benzene rings is 1. The molecule has 4 nitrogen and oxygen atoms in total. The van der Waals surface area contributed by atoms with E-state index < -0.39 is 0 Å². The molecular formula is C14H16N2O2. The highest BCUT2D eigenvalue weighted by Gasteiger charge is 2.24. The number of hydrogen-bond donors (Lipinski definition) is 1. The number of aromatic nitrogens is 1. The molecule has 1 N–H and O–H groups in total. The summed E-state index contributed by atoms with van der Waals surface area (Å²) < 4.78 is 5.25. The van der Waals surface area contributed by atoms with Crippen molar-refractivity contribution in [3.63, 3.8) is 0 Å². The zero-order valence-electron chi connectivity index (χ0n) is 10.2. The second kappa shape index (κ2) is 4.80. The number of carbonyl (C=O) groups excluding carboxylic acids is 1. The minimum atomic E-state index is 0.210. The molecule has 1 aromatic carbocycles. The topological polar surface area (TPSA) is 55.1 Å². The standard InChI is InChI=1S/C14H16N2O2/c17-14(11-2-1-3-11)15-7-6-10-4-5-12-13(8-10)18-9-16-12/h4-5,8-9,11H,1-3,6-7H2,(H,15,17). The fourth-order valence-corrected chi connectivity index (χ4v) is 2.20. The molecule has 18 heavy (non-hydrogen) atoms. The van der Waals surface area contributed by atoms with Crippen LogP contribution in [0.1, 0.15) is 24.8 Å². The molecule has 94 valence electrons. The van der Waals surface area contributed by atoms with Gasteiger partial charge in [0.1, 0.15) is 5.52 Å². The summed E-state index contributed by atoms with van der Waals surface area (Å²) in [6.45, 7) is 0.689. The first-order valence-corrected chi connectivity index (χ1v) is 6.43. The van der Waals surface area contributed by atoms with Gasteiger partial charge in [-0.3, -0.25) is 4.79 Å². The van der Waals surface area contributed by atoms with Crippen molar-refractivity contribution in [2.75, 3.05) is 6.54 Å². The molecule has 1 aromatic heterocycles. The molecule has 4 heteroatoms. The monoisotopic (exact) mass is 244 g/mol. The second-order valence-electron chi connectivity index (χ2n) is 4.82. The second-order valence-corrected chi connectivity index (χ2v) is 4.82. The van der Waals surface area contributed by atoms with Gasteiger partial charge in [-0.1, -0.05) is 12.5 Å². The molecule has 1 saturated carbocycles. The van der Waals surface area contributed by atoms with Crippen molar-refractivity contribution in [1.29, 1.82) is 0 Å². The van der Waals surface area contributed by atoms with Gasteiger partial charge < -0.3 is 9.73 Å². The summed E-state index contributed by atoms with van der Waals surface area (Å²) in [5, 5.41) is 2.99. The van der Waals surface area contributed by atoms with Crippen LogP contribution in [-0.4, -0.2) is 17.4 Å². The Bertz CT molecular complexity index is 558. The van der Waals surface area contributed by atoms with E-state index in [2.05, 4.69) is 10.3 Å². The third kappa shape index (κ3) is 2.23. The van der Waals surface area contributed by atoms with Crippen LogP contribution in [0, 0.1) is 5.92 Å². The van der Waals surface area contributed by atoms with Crippen LogP contribution < -0.4 is 5.32 Å². The summed E-state index contributed by atoms with van der Waals surface area (Å²) in [6, 6.07) is 5.96. The predicted molar refractivity (Wildman–Crippen MR) is 68.1 cm³/mol. The van der Waals surface area contributed by atoms with Crippen LogP contribution in [0.5, 0.6) is 0 Å². The van der Waals surface area contributed by atoms with Crippen LogP contribution >= 0.6 is 0 Å². The van der Waals surface area contributed by atoms with E-state index in [4.69, 9.17) is 4.42 Å². The van der Waals surface area contributed by atoms with Gasteiger partial charge in [0.05, 0.1) is 0 Å². The summed E-state index contributed by atoms with van der Waals surface area (Å²) in [5.74, 6) is 0.476. The zero-order chi connectivity index (χ0) is 12.4. The Morgan fingerprint density at radius 1 is 1.44 bits per heavy atom. The molecule has 0 saturated heterocycles. The van der Waals surface area contributed by atoms with Gasteiger partial charge in [0.15, 0.2) is 12.0 Å². The van der Waals surface area contributed by atoms with E-state index in [0.29, 0.717) is 6.54 Å². The van der Waals surface area contributed by atoms with Crippen LogP contribution in [-0.2, 0) is 11.2 Å². The van der Waals surface area contributed by atoms with Gasteiger partial charge in [-0.25, -0.2) is 4.98 Å². The molecular weight excluding hydrogens is 228 g/mol. The highest BCUT2D eigenvalue weighted by molar-refractivity contribution is 5.79. The highest BCUT2D eigenvalue weighted by atomic mass is 16.3. The van der Waals surface area contributed by atoms with Gasteiger partial charge in [-0.05, 0) is 37.0 Å². The molecule has 1 aliphatic carbocycles. The molecule has 0 bridgehead atoms. The average Bonchev–Trinajstić information content (AvgIpc) is 2.73. The highest BCUT2D eigenvalue weighted by Crippen LogP contribution is 2.26. The average molecular weight is 244 g/mol. The van der Waals surface area contributed by atoms with E-state index in [9.17, 15) is 4.79 Å². The van der Waals surface area contributed by atoms with Crippen molar-refractivity contribution in [2.24, 2.45) is 5.92 Å². The number of fused-ring (bicyclic) bond motifs is 1. The van der Waals surface area contributed by atoms with E-state index >= 15 is 0 Å². The van der Waals surface area contributed by atoms with Crippen LogP contribution in [0.25, 0.3) is 11.1 Å². The summed E-state index contributed by atoms with van der Waals surface area (Å²) in [5.41, 5.74) is 2.84. The van der Waals surface area contributed by atoms with Crippen molar-refractivity contribution < 1.29 is 9.21 Å². The lowest BCUT2D eigenvalue weighted by atomic mass is 9.85. The third-order valence-corrected chi connectivity index (χ3v) is 3.58. The molecule has 0 spiro atoms. The minimum Gasteiger partial charge on any atom is -0.443 e. The summed E-state index contributed by atoms with van der Waals surface area (Å²) in [7, 11) is 0. The lowest BCUT2D eigenvalue weighted by Gasteiger charge is -2.23. The largest absolute Gasteiger partial charge is 0.443 e. The number of nitrogens with zero attached hydrogens (tertiary/aromatic N) is 1. The van der Waals surface area contributed by atoms with Crippen molar-refractivity contribution in [1.82, 2.24) is 10.3 Å². The van der Waals surface area contributed by atoms with E-state index in [-0.39, 0.29) is 11.8 Å². The number of oxazole rings is 1. The molecule has 3 rings (SSSR count). The zero-order valence-corrected chi connectivity index (χ0v) is 10.2. The maximum absolute atomic E-state index is 11.6. The normalized spacial score (nSPS) is 15.6. The quantitative estimate of drug-likeness (QED) is 0.897. The summed E-state index contributed by atoms with van der Waals surface area (Å²) in [4.78, 5) is 15.7. The molecule has 1 fully saturated rings. The number of carbonyl (C=O) groups is 1. The molecule has 1 amide bonds. The first kappa shape index (κ1) is 11.3. The Morgan fingerprint density at radius 3 is 3.11 bits per heavy atom. The van der Waals surface area contributed by atoms with Gasteiger partial charge >= 0.3 is 0 Å². The van der Waals surface area contributed by atoms with E-state index in [0.717, 1.165) is 35.9 Å². The first-order valence-electron chi connectivity index (χ1n) is 6.43. The number of amides is 1. The molecule has 0 aliphatic heterocycles. The van der Waals surface area contributed by atoms with Gasteiger partial charge in [0.25, 0.3) is 0 Å². The fourth-order valence-electron chi connectivity index (χ4n) is 2.20. The number of rotatable bonds is 4. The molecule has 1 aliphatic rings. The van der Waals surface area contributed by atoms with Gasteiger partial charge in [0.2, 0.25) is 5.91 Å².